The lowest BCUT2D eigenvalue weighted by atomic mass is 10.1. The number of nitrogens with two attached hydrogens (primary N) is 1. The molecule has 0 aliphatic carbocycles. The second-order valence-electron chi connectivity index (χ2n) is 3.12. The number of rotatable bonds is 1. The van der Waals surface area contributed by atoms with Crippen LogP contribution in [0.5, 0.6) is 0 Å². The number of aromatic nitrogens is 1. The fourth-order valence-electron chi connectivity index (χ4n) is 1.29. The third-order valence-electron chi connectivity index (χ3n) is 2.17. The number of anilines is 1. The number of benzene rings is 1. The van der Waals surface area contributed by atoms with Crippen LogP contribution in [-0.4, -0.2) is 5.16 Å². The van der Waals surface area contributed by atoms with E-state index in [-0.39, 0.29) is 0 Å². The highest BCUT2D eigenvalue weighted by Crippen LogP contribution is 2.35. The zero-order valence-corrected chi connectivity index (χ0v) is 9.43. The Hall–Kier alpha value is -1.19. The highest BCUT2D eigenvalue weighted by Gasteiger charge is 2.15. The van der Waals surface area contributed by atoms with Crippen molar-refractivity contribution >= 4 is 29.1 Å². The molecule has 0 unspecified atom stereocenters. The maximum Gasteiger partial charge on any atom is 0.225 e. The lowest BCUT2D eigenvalue weighted by Gasteiger charge is -2.02. The SMILES string of the molecule is Cc1c(-c2cccc(Cl)c2Cl)noc1N. The zero-order valence-electron chi connectivity index (χ0n) is 7.92. The molecule has 0 radical (unpaired) electrons. The number of halogens is 2. The van der Waals surface area contributed by atoms with Crippen LogP contribution in [0.15, 0.2) is 22.7 Å². The van der Waals surface area contributed by atoms with Gasteiger partial charge in [-0.15, -0.1) is 0 Å². The summed E-state index contributed by atoms with van der Waals surface area (Å²) >= 11 is 12.0. The molecule has 15 heavy (non-hydrogen) atoms. The van der Waals surface area contributed by atoms with Crippen LogP contribution in [0, 0.1) is 6.92 Å². The fraction of sp³-hybridized carbons (Fsp3) is 0.100. The van der Waals surface area contributed by atoms with E-state index in [0.29, 0.717) is 21.6 Å². The van der Waals surface area contributed by atoms with Crippen molar-refractivity contribution in [2.45, 2.75) is 6.92 Å². The van der Waals surface area contributed by atoms with Crippen LogP contribution in [0.2, 0.25) is 10.0 Å². The Bertz CT molecular complexity index is 508. The molecule has 5 heteroatoms. The van der Waals surface area contributed by atoms with E-state index in [2.05, 4.69) is 5.16 Å². The van der Waals surface area contributed by atoms with E-state index in [1.807, 2.05) is 13.0 Å². The Balaban J connectivity index is 2.64. The van der Waals surface area contributed by atoms with E-state index in [0.717, 1.165) is 11.1 Å². The molecular formula is C10H8Cl2N2O. The Morgan fingerprint density at radius 1 is 1.33 bits per heavy atom. The van der Waals surface area contributed by atoms with E-state index in [1.165, 1.54) is 0 Å². The van der Waals surface area contributed by atoms with Crippen molar-refractivity contribution in [3.63, 3.8) is 0 Å². The molecule has 2 N–H and O–H groups in total. The summed E-state index contributed by atoms with van der Waals surface area (Å²) in [7, 11) is 0. The minimum absolute atomic E-state index is 0.293. The second-order valence-corrected chi connectivity index (χ2v) is 3.91. The Kier molecular flexibility index (Phi) is 2.59. The smallest absolute Gasteiger partial charge is 0.225 e. The van der Waals surface area contributed by atoms with E-state index in [9.17, 15) is 0 Å². The molecule has 1 aromatic carbocycles. The highest BCUT2D eigenvalue weighted by atomic mass is 35.5. The maximum atomic E-state index is 6.05. The minimum Gasteiger partial charge on any atom is -0.367 e. The fourth-order valence-corrected chi connectivity index (χ4v) is 1.68. The standard InChI is InChI=1S/C10H8Cl2N2O/c1-5-9(14-15-10(5)13)6-3-2-4-7(11)8(6)12/h2-4H,13H2,1H3. The molecule has 0 bridgehead atoms. The highest BCUT2D eigenvalue weighted by molar-refractivity contribution is 6.43. The largest absolute Gasteiger partial charge is 0.367 e. The predicted octanol–water partition coefficient (Wildman–Crippen LogP) is 3.54. The maximum absolute atomic E-state index is 6.05. The average Bonchev–Trinajstić information content (AvgIpc) is 2.53. The van der Waals surface area contributed by atoms with Crippen LogP contribution >= 0.6 is 23.2 Å². The van der Waals surface area contributed by atoms with Gasteiger partial charge in [0.05, 0.1) is 10.0 Å². The van der Waals surface area contributed by atoms with Crippen LogP contribution in [0.1, 0.15) is 5.56 Å². The third-order valence-corrected chi connectivity index (χ3v) is 2.99. The van der Waals surface area contributed by atoms with Crippen LogP contribution in [-0.2, 0) is 0 Å². The molecule has 3 nitrogen and oxygen atoms in total. The summed E-state index contributed by atoms with van der Waals surface area (Å²) in [6.45, 7) is 1.82. The molecule has 1 aromatic heterocycles. The van der Waals surface area contributed by atoms with Gasteiger partial charge in [-0.3, -0.25) is 0 Å². The molecule has 78 valence electrons. The lowest BCUT2D eigenvalue weighted by Crippen LogP contribution is -1.86. The molecule has 0 spiro atoms. The van der Waals surface area contributed by atoms with E-state index in [4.69, 9.17) is 33.5 Å². The number of nitrogens with zero attached hydrogens (tertiary/aromatic N) is 1. The monoisotopic (exact) mass is 242 g/mol. The van der Waals surface area contributed by atoms with Gasteiger partial charge in [0.1, 0.15) is 5.69 Å². The van der Waals surface area contributed by atoms with Crippen LogP contribution in [0.3, 0.4) is 0 Å². The minimum atomic E-state index is 0.293. The summed E-state index contributed by atoms with van der Waals surface area (Å²) in [4.78, 5) is 0. The zero-order chi connectivity index (χ0) is 11.0. The molecule has 0 fully saturated rings. The average molecular weight is 243 g/mol. The van der Waals surface area contributed by atoms with Gasteiger partial charge in [-0.2, -0.15) is 0 Å². The Morgan fingerprint density at radius 2 is 2.07 bits per heavy atom. The van der Waals surface area contributed by atoms with Crippen LogP contribution in [0.25, 0.3) is 11.3 Å². The van der Waals surface area contributed by atoms with Crippen molar-refractivity contribution in [3.8, 4) is 11.3 Å². The van der Waals surface area contributed by atoms with Gasteiger partial charge >= 0.3 is 0 Å². The molecule has 0 aliphatic heterocycles. The summed E-state index contributed by atoms with van der Waals surface area (Å²) in [6.07, 6.45) is 0. The number of hydrogen-bond acceptors (Lipinski definition) is 3. The predicted molar refractivity (Wildman–Crippen MR) is 61.1 cm³/mol. The van der Waals surface area contributed by atoms with Gasteiger partial charge < -0.3 is 10.3 Å². The van der Waals surface area contributed by atoms with Gasteiger partial charge in [0.25, 0.3) is 0 Å². The number of hydrogen-bond donors (Lipinski definition) is 1. The van der Waals surface area contributed by atoms with Gasteiger partial charge in [-0.25, -0.2) is 0 Å². The summed E-state index contributed by atoms with van der Waals surface area (Å²) < 4.78 is 4.87. The van der Waals surface area contributed by atoms with E-state index in [1.54, 1.807) is 12.1 Å². The van der Waals surface area contributed by atoms with Crippen molar-refractivity contribution < 1.29 is 4.52 Å². The molecule has 2 aromatic rings. The van der Waals surface area contributed by atoms with Crippen molar-refractivity contribution in [2.75, 3.05) is 5.73 Å². The van der Waals surface area contributed by atoms with Crippen molar-refractivity contribution in [2.24, 2.45) is 0 Å². The molecule has 0 atom stereocenters. The first-order valence-corrected chi connectivity index (χ1v) is 5.03. The first kappa shape index (κ1) is 10.3. The van der Waals surface area contributed by atoms with Gasteiger partial charge in [0.2, 0.25) is 5.88 Å². The van der Waals surface area contributed by atoms with Crippen molar-refractivity contribution in [1.82, 2.24) is 5.16 Å². The van der Waals surface area contributed by atoms with E-state index < -0.39 is 0 Å². The Labute approximate surface area is 96.8 Å². The summed E-state index contributed by atoms with van der Waals surface area (Å²) in [5.74, 6) is 0.293. The molecule has 0 aliphatic rings. The van der Waals surface area contributed by atoms with E-state index >= 15 is 0 Å². The molecular weight excluding hydrogens is 235 g/mol. The van der Waals surface area contributed by atoms with Crippen LogP contribution in [0.4, 0.5) is 5.88 Å². The molecule has 0 saturated heterocycles. The topological polar surface area (TPSA) is 52.0 Å². The second kappa shape index (κ2) is 3.76. The summed E-state index contributed by atoms with van der Waals surface area (Å²) in [6, 6.07) is 5.33. The number of nitrogen functional groups attached to an aromatic ring is 1. The van der Waals surface area contributed by atoms with Gasteiger partial charge in [0.15, 0.2) is 0 Å². The van der Waals surface area contributed by atoms with Gasteiger partial charge in [-0.1, -0.05) is 40.5 Å². The van der Waals surface area contributed by atoms with Crippen molar-refractivity contribution in [3.05, 3.63) is 33.8 Å². The normalized spacial score (nSPS) is 10.6. The molecule has 0 amide bonds. The summed E-state index contributed by atoms with van der Waals surface area (Å²) in [5, 5.41) is 4.78. The Morgan fingerprint density at radius 3 is 2.67 bits per heavy atom. The third kappa shape index (κ3) is 1.68. The van der Waals surface area contributed by atoms with Gasteiger partial charge in [0, 0.05) is 11.1 Å². The van der Waals surface area contributed by atoms with Gasteiger partial charge in [-0.05, 0) is 13.0 Å². The summed E-state index contributed by atoms with van der Waals surface area (Å²) in [5.41, 5.74) is 7.67. The van der Waals surface area contributed by atoms with Crippen LogP contribution < -0.4 is 5.73 Å². The molecule has 0 saturated carbocycles. The quantitative estimate of drug-likeness (QED) is 0.833. The first-order valence-electron chi connectivity index (χ1n) is 4.27. The van der Waals surface area contributed by atoms with Crippen molar-refractivity contribution in [1.29, 1.82) is 0 Å². The molecule has 2 rings (SSSR count). The molecule has 1 heterocycles. The first-order chi connectivity index (χ1) is 7.11. The lowest BCUT2D eigenvalue weighted by molar-refractivity contribution is 0.439.